The monoisotopic (exact) mass is 257 g/mol. The van der Waals surface area contributed by atoms with Crippen molar-refractivity contribution in [3.8, 4) is 0 Å². The Kier molecular flexibility index (Phi) is 4.37. The number of halogens is 2. The highest BCUT2D eigenvalue weighted by Gasteiger charge is 2.21. The number of aliphatic hydroxyl groups excluding tert-OH is 1. The van der Waals surface area contributed by atoms with Crippen molar-refractivity contribution < 1.29 is 9.50 Å². The third-order valence-corrected chi connectivity index (χ3v) is 3.59. The maximum Gasteiger partial charge on any atom is 0.141 e. The van der Waals surface area contributed by atoms with Crippen LogP contribution in [-0.4, -0.2) is 29.7 Å². The zero-order valence-electron chi connectivity index (χ0n) is 9.70. The Labute approximate surface area is 106 Å². The Morgan fingerprint density at radius 1 is 1.47 bits per heavy atom. The second-order valence-corrected chi connectivity index (χ2v) is 5.06. The summed E-state index contributed by atoms with van der Waals surface area (Å²) >= 11 is 5.75. The molecule has 0 spiro atoms. The second-order valence-electron chi connectivity index (χ2n) is 4.65. The molecule has 17 heavy (non-hydrogen) atoms. The first-order chi connectivity index (χ1) is 8.19. The Bertz CT molecular complexity index is 386. The van der Waals surface area contributed by atoms with Crippen LogP contribution in [0.1, 0.15) is 18.4 Å². The largest absolute Gasteiger partial charge is 0.396 e. The van der Waals surface area contributed by atoms with E-state index in [1.54, 1.807) is 12.1 Å². The third kappa shape index (κ3) is 3.41. The minimum absolute atomic E-state index is 0.189. The molecular formula is C13H17ClFNO. The van der Waals surface area contributed by atoms with Gasteiger partial charge in [-0.1, -0.05) is 17.7 Å². The summed E-state index contributed by atoms with van der Waals surface area (Å²) in [5, 5.41) is 9.08. The van der Waals surface area contributed by atoms with Crippen LogP contribution in [0.25, 0.3) is 0 Å². The average Bonchev–Trinajstić information content (AvgIpc) is 2.72. The van der Waals surface area contributed by atoms with E-state index in [2.05, 4.69) is 4.90 Å². The van der Waals surface area contributed by atoms with Crippen LogP contribution < -0.4 is 0 Å². The summed E-state index contributed by atoms with van der Waals surface area (Å²) in [4.78, 5) is 2.32. The summed E-state index contributed by atoms with van der Waals surface area (Å²) in [6, 6.07) is 4.88. The first kappa shape index (κ1) is 12.8. The van der Waals surface area contributed by atoms with Gasteiger partial charge in [-0.05, 0) is 43.0 Å². The van der Waals surface area contributed by atoms with Crippen molar-refractivity contribution in [3.63, 3.8) is 0 Å². The van der Waals surface area contributed by atoms with Crippen LogP contribution >= 0.6 is 11.6 Å². The van der Waals surface area contributed by atoms with Gasteiger partial charge in [-0.3, -0.25) is 4.90 Å². The second kappa shape index (κ2) is 5.80. The van der Waals surface area contributed by atoms with E-state index in [9.17, 15) is 4.39 Å². The molecule has 4 heteroatoms. The van der Waals surface area contributed by atoms with Gasteiger partial charge in [0.15, 0.2) is 0 Å². The van der Waals surface area contributed by atoms with Gasteiger partial charge in [-0.25, -0.2) is 4.39 Å². The summed E-state index contributed by atoms with van der Waals surface area (Å²) in [5.41, 5.74) is 1.04. The number of aliphatic hydroxyl groups is 1. The number of likely N-dealkylation sites (tertiary alicyclic amines) is 1. The van der Waals surface area contributed by atoms with Gasteiger partial charge in [0.25, 0.3) is 0 Å². The highest BCUT2D eigenvalue weighted by molar-refractivity contribution is 6.30. The predicted molar refractivity (Wildman–Crippen MR) is 66.5 cm³/mol. The van der Waals surface area contributed by atoms with Crippen LogP contribution in [0.3, 0.4) is 0 Å². The molecule has 1 aliphatic rings. The summed E-state index contributed by atoms with van der Waals surface area (Å²) in [6.07, 6.45) is 2.01. The van der Waals surface area contributed by atoms with Crippen LogP contribution in [0.15, 0.2) is 18.2 Å². The number of rotatable bonds is 4. The van der Waals surface area contributed by atoms with E-state index >= 15 is 0 Å². The van der Waals surface area contributed by atoms with Crippen molar-refractivity contribution in [2.45, 2.75) is 19.4 Å². The molecule has 0 saturated carbocycles. The van der Waals surface area contributed by atoms with Crippen LogP contribution in [0.5, 0.6) is 0 Å². The zero-order valence-corrected chi connectivity index (χ0v) is 10.5. The van der Waals surface area contributed by atoms with E-state index in [1.807, 2.05) is 0 Å². The van der Waals surface area contributed by atoms with Gasteiger partial charge < -0.3 is 5.11 Å². The molecule has 0 amide bonds. The number of benzene rings is 1. The molecule has 1 aromatic rings. The minimum Gasteiger partial charge on any atom is -0.396 e. The highest BCUT2D eigenvalue weighted by atomic mass is 35.5. The van der Waals surface area contributed by atoms with Crippen molar-refractivity contribution in [3.05, 3.63) is 34.6 Å². The van der Waals surface area contributed by atoms with Crippen LogP contribution in [0.2, 0.25) is 5.02 Å². The number of hydrogen-bond acceptors (Lipinski definition) is 2. The summed E-state index contributed by atoms with van der Waals surface area (Å²) < 4.78 is 13.0. The SMILES string of the molecule is OCCC1CCN(Cc2ccc(F)c(Cl)c2)C1. The smallest absolute Gasteiger partial charge is 0.141 e. The topological polar surface area (TPSA) is 23.5 Å². The lowest BCUT2D eigenvalue weighted by Gasteiger charge is -2.16. The summed E-state index contributed by atoms with van der Waals surface area (Å²) in [6.45, 7) is 3.12. The number of nitrogens with zero attached hydrogens (tertiary/aromatic N) is 1. The molecular weight excluding hydrogens is 241 g/mol. The fourth-order valence-corrected chi connectivity index (χ4v) is 2.57. The van der Waals surface area contributed by atoms with Crippen LogP contribution in [-0.2, 0) is 6.54 Å². The molecule has 1 N–H and O–H groups in total. The molecule has 0 aliphatic carbocycles. The van der Waals surface area contributed by atoms with Crippen molar-refractivity contribution in [1.82, 2.24) is 4.90 Å². The molecule has 2 nitrogen and oxygen atoms in total. The molecule has 1 atom stereocenters. The first-order valence-corrected chi connectivity index (χ1v) is 6.34. The Hall–Kier alpha value is -0.640. The Balaban J connectivity index is 1.91. The molecule has 0 radical (unpaired) electrons. The van der Waals surface area contributed by atoms with E-state index in [-0.39, 0.29) is 17.4 Å². The summed E-state index contributed by atoms with van der Waals surface area (Å²) in [7, 11) is 0. The normalized spacial score (nSPS) is 21.0. The predicted octanol–water partition coefficient (Wildman–Crippen LogP) is 2.68. The van der Waals surface area contributed by atoms with Crippen molar-refractivity contribution in [2.75, 3.05) is 19.7 Å². The van der Waals surface area contributed by atoms with Gasteiger partial charge in [0.05, 0.1) is 5.02 Å². The van der Waals surface area contributed by atoms with Gasteiger partial charge >= 0.3 is 0 Å². The quantitative estimate of drug-likeness (QED) is 0.897. The fourth-order valence-electron chi connectivity index (χ4n) is 2.37. The first-order valence-electron chi connectivity index (χ1n) is 5.96. The Morgan fingerprint density at radius 2 is 2.29 bits per heavy atom. The van der Waals surface area contributed by atoms with Gasteiger partial charge in [0.1, 0.15) is 5.82 Å². The summed E-state index contributed by atoms with van der Waals surface area (Å²) in [5.74, 6) is 0.228. The average molecular weight is 258 g/mol. The van der Waals surface area contributed by atoms with Crippen molar-refractivity contribution in [2.24, 2.45) is 5.92 Å². The maximum atomic E-state index is 13.0. The molecule has 1 aromatic carbocycles. The molecule has 1 heterocycles. The standard InChI is InChI=1S/C13H17ClFNO/c14-12-7-11(1-2-13(12)15)9-16-5-3-10(8-16)4-6-17/h1-2,7,10,17H,3-6,8-9H2. The van der Waals surface area contributed by atoms with Crippen molar-refractivity contribution in [1.29, 1.82) is 0 Å². The van der Waals surface area contributed by atoms with E-state index < -0.39 is 0 Å². The van der Waals surface area contributed by atoms with Crippen LogP contribution in [0, 0.1) is 11.7 Å². The molecule has 0 bridgehead atoms. The van der Waals surface area contributed by atoms with E-state index in [4.69, 9.17) is 16.7 Å². The van der Waals surface area contributed by atoms with E-state index in [0.717, 1.165) is 38.0 Å². The highest BCUT2D eigenvalue weighted by Crippen LogP contribution is 2.22. The van der Waals surface area contributed by atoms with Gasteiger partial charge in [-0.15, -0.1) is 0 Å². The zero-order chi connectivity index (χ0) is 12.3. The van der Waals surface area contributed by atoms with E-state index in [0.29, 0.717) is 5.92 Å². The van der Waals surface area contributed by atoms with Gasteiger partial charge in [0, 0.05) is 19.7 Å². The fraction of sp³-hybridized carbons (Fsp3) is 0.538. The molecule has 1 fully saturated rings. The molecule has 94 valence electrons. The third-order valence-electron chi connectivity index (χ3n) is 3.30. The molecule has 0 aromatic heterocycles. The van der Waals surface area contributed by atoms with Crippen LogP contribution in [0.4, 0.5) is 4.39 Å². The molecule has 2 rings (SSSR count). The maximum absolute atomic E-state index is 13.0. The van der Waals surface area contributed by atoms with E-state index in [1.165, 1.54) is 6.07 Å². The lowest BCUT2D eigenvalue weighted by atomic mass is 10.1. The lowest BCUT2D eigenvalue weighted by molar-refractivity contribution is 0.249. The van der Waals surface area contributed by atoms with Crippen molar-refractivity contribution >= 4 is 11.6 Å². The molecule has 1 unspecified atom stereocenters. The lowest BCUT2D eigenvalue weighted by Crippen LogP contribution is -2.20. The Morgan fingerprint density at radius 3 is 3.00 bits per heavy atom. The molecule has 1 saturated heterocycles. The van der Waals surface area contributed by atoms with Gasteiger partial charge in [0.2, 0.25) is 0 Å². The van der Waals surface area contributed by atoms with Gasteiger partial charge in [-0.2, -0.15) is 0 Å². The molecule has 1 aliphatic heterocycles. The minimum atomic E-state index is -0.366. The number of hydrogen-bond donors (Lipinski definition) is 1.